The van der Waals surface area contributed by atoms with E-state index in [1.165, 1.54) is 19.1 Å². The molecule has 8 nitrogen and oxygen atoms in total. The summed E-state index contributed by atoms with van der Waals surface area (Å²) < 4.78 is 32.9. The molecule has 0 aromatic heterocycles. The van der Waals surface area contributed by atoms with Crippen molar-refractivity contribution < 1.29 is 32.3 Å². The third kappa shape index (κ3) is 5.86. The van der Waals surface area contributed by atoms with Crippen molar-refractivity contribution in [2.75, 3.05) is 18.1 Å². The third-order valence-electron chi connectivity index (χ3n) is 3.63. The van der Waals surface area contributed by atoms with Gasteiger partial charge in [-0.25, -0.2) is 13.2 Å². The number of nitrogens with one attached hydrogen (secondary N) is 1. The highest BCUT2D eigenvalue weighted by Crippen LogP contribution is 2.12. The van der Waals surface area contributed by atoms with E-state index in [0.29, 0.717) is 24.0 Å². The van der Waals surface area contributed by atoms with Gasteiger partial charge in [0.05, 0.1) is 11.5 Å². The fourth-order valence-corrected chi connectivity index (χ4v) is 3.97. The first-order valence-corrected chi connectivity index (χ1v) is 9.49. The van der Waals surface area contributed by atoms with Crippen LogP contribution in [0.3, 0.4) is 0 Å². The van der Waals surface area contributed by atoms with Gasteiger partial charge >= 0.3 is 5.97 Å². The third-order valence-corrected chi connectivity index (χ3v) is 5.40. The van der Waals surface area contributed by atoms with Gasteiger partial charge in [-0.05, 0) is 37.6 Å². The molecule has 136 valence electrons. The maximum absolute atomic E-state index is 11.9. The maximum Gasteiger partial charge on any atom is 0.344 e. The molecule has 1 amide bonds. The van der Waals surface area contributed by atoms with E-state index in [-0.39, 0.29) is 11.5 Å². The quantitative estimate of drug-likeness (QED) is 0.536. The number of carbonyl (C=O) groups excluding carboxylic acids is 3. The monoisotopic (exact) mass is 369 g/mol. The van der Waals surface area contributed by atoms with Gasteiger partial charge in [-0.15, -0.1) is 0 Å². The molecular weight excluding hydrogens is 350 g/mol. The summed E-state index contributed by atoms with van der Waals surface area (Å²) in [6.45, 7) is 1.01. The number of carbonyl (C=O) groups is 3. The van der Waals surface area contributed by atoms with E-state index in [2.05, 4.69) is 5.32 Å². The average molecular weight is 369 g/mol. The second kappa shape index (κ2) is 8.11. The zero-order valence-electron chi connectivity index (χ0n) is 13.6. The van der Waals surface area contributed by atoms with Crippen LogP contribution in [-0.4, -0.2) is 56.8 Å². The summed E-state index contributed by atoms with van der Waals surface area (Å²) in [6, 6.07) is 5.70. The van der Waals surface area contributed by atoms with E-state index in [1.54, 1.807) is 12.1 Å². The van der Waals surface area contributed by atoms with Gasteiger partial charge in [0.15, 0.2) is 22.5 Å². The van der Waals surface area contributed by atoms with Gasteiger partial charge in [0.25, 0.3) is 5.91 Å². The molecule has 1 aliphatic rings. The zero-order chi connectivity index (χ0) is 18.4. The molecule has 1 saturated heterocycles. The molecule has 1 N–H and O–H groups in total. The Hall–Kier alpha value is -2.42. The Morgan fingerprint density at radius 2 is 2.00 bits per heavy atom. The molecule has 2 rings (SSSR count). The van der Waals surface area contributed by atoms with E-state index < -0.39 is 40.5 Å². The lowest BCUT2D eigenvalue weighted by molar-refractivity contribution is -0.156. The first-order chi connectivity index (χ1) is 11.8. The van der Waals surface area contributed by atoms with Gasteiger partial charge in [0.2, 0.25) is 0 Å². The molecule has 1 aliphatic heterocycles. The summed E-state index contributed by atoms with van der Waals surface area (Å²) in [5.74, 6) is -0.954. The Morgan fingerprint density at radius 3 is 2.56 bits per heavy atom. The number of sulfone groups is 1. The molecule has 1 aromatic carbocycles. The number of benzene rings is 1. The van der Waals surface area contributed by atoms with Crippen LogP contribution in [0.5, 0.6) is 5.75 Å². The number of hydrogen-bond donors (Lipinski definition) is 1. The number of hydrogen-bond acceptors (Lipinski definition) is 7. The zero-order valence-corrected chi connectivity index (χ0v) is 14.5. The molecule has 9 heteroatoms. The lowest BCUT2D eigenvalue weighted by Crippen LogP contribution is -2.43. The van der Waals surface area contributed by atoms with Crippen LogP contribution >= 0.6 is 0 Å². The van der Waals surface area contributed by atoms with Crippen molar-refractivity contribution in [2.45, 2.75) is 25.5 Å². The number of ether oxygens (including phenoxy) is 2. The van der Waals surface area contributed by atoms with Crippen LogP contribution in [0.4, 0.5) is 0 Å². The second-order valence-corrected chi connectivity index (χ2v) is 7.94. The van der Waals surface area contributed by atoms with Crippen LogP contribution in [0.25, 0.3) is 0 Å². The number of aldehydes is 1. The van der Waals surface area contributed by atoms with Gasteiger partial charge in [-0.3, -0.25) is 9.59 Å². The van der Waals surface area contributed by atoms with Crippen LogP contribution in [0.2, 0.25) is 0 Å². The molecule has 0 bridgehead atoms. The normalized spacial score (nSPS) is 19.6. The number of esters is 1. The smallest absolute Gasteiger partial charge is 0.344 e. The van der Waals surface area contributed by atoms with Crippen LogP contribution in [0.15, 0.2) is 24.3 Å². The summed E-state index contributed by atoms with van der Waals surface area (Å²) in [5.41, 5.74) is 0.481. The van der Waals surface area contributed by atoms with Gasteiger partial charge in [-0.2, -0.15) is 0 Å². The number of amides is 1. The SMILES string of the molecule is C[C@H](OC(=O)COc1ccc(C=O)cc1)C(=O)N[C@@H]1CCS(=O)(=O)C1. The van der Waals surface area contributed by atoms with E-state index in [1.807, 2.05) is 0 Å². The summed E-state index contributed by atoms with van der Waals surface area (Å²) in [6.07, 6.45) is -0.0143. The van der Waals surface area contributed by atoms with Crippen molar-refractivity contribution in [1.29, 1.82) is 0 Å². The molecule has 1 fully saturated rings. The van der Waals surface area contributed by atoms with Gasteiger partial charge in [0.1, 0.15) is 12.0 Å². The molecule has 0 unspecified atom stereocenters. The van der Waals surface area contributed by atoms with Crippen LogP contribution in [0, 0.1) is 0 Å². The molecule has 0 aliphatic carbocycles. The molecule has 2 atom stereocenters. The maximum atomic E-state index is 11.9. The molecular formula is C16H19NO7S. The van der Waals surface area contributed by atoms with Crippen molar-refractivity contribution in [3.8, 4) is 5.75 Å². The topological polar surface area (TPSA) is 116 Å². The van der Waals surface area contributed by atoms with Crippen molar-refractivity contribution in [1.82, 2.24) is 5.32 Å². The second-order valence-electron chi connectivity index (χ2n) is 5.72. The Labute approximate surface area is 145 Å². The van der Waals surface area contributed by atoms with E-state index in [9.17, 15) is 22.8 Å². The summed E-state index contributed by atoms with van der Waals surface area (Å²) in [4.78, 5) is 34.2. The van der Waals surface area contributed by atoms with Gasteiger partial charge in [-0.1, -0.05) is 0 Å². The molecule has 1 heterocycles. The fraction of sp³-hybridized carbons (Fsp3) is 0.438. The molecule has 25 heavy (non-hydrogen) atoms. The summed E-state index contributed by atoms with van der Waals surface area (Å²) in [5, 5.41) is 2.56. The Balaban J connectivity index is 1.75. The highest BCUT2D eigenvalue weighted by molar-refractivity contribution is 7.91. The van der Waals surface area contributed by atoms with E-state index >= 15 is 0 Å². The highest BCUT2D eigenvalue weighted by atomic mass is 32.2. The van der Waals surface area contributed by atoms with Gasteiger partial charge < -0.3 is 14.8 Å². The minimum Gasteiger partial charge on any atom is -0.482 e. The molecule has 1 aromatic rings. The molecule has 0 saturated carbocycles. The van der Waals surface area contributed by atoms with Crippen molar-refractivity contribution >= 4 is 28.0 Å². The minimum absolute atomic E-state index is 0.0445. The van der Waals surface area contributed by atoms with Gasteiger partial charge in [0, 0.05) is 11.6 Å². The van der Waals surface area contributed by atoms with Crippen molar-refractivity contribution in [3.63, 3.8) is 0 Å². The Kier molecular flexibility index (Phi) is 6.13. The summed E-state index contributed by atoms with van der Waals surface area (Å²) in [7, 11) is -3.10. The predicted octanol–water partition coefficient (Wildman–Crippen LogP) is 0.113. The van der Waals surface area contributed by atoms with Crippen molar-refractivity contribution in [2.24, 2.45) is 0 Å². The number of rotatable bonds is 7. The Bertz CT molecular complexity index is 742. The molecule has 0 spiro atoms. The summed E-state index contributed by atoms with van der Waals surface area (Å²) >= 11 is 0. The van der Waals surface area contributed by atoms with E-state index in [4.69, 9.17) is 9.47 Å². The standard InChI is InChI=1S/C16H19NO7S/c1-11(16(20)17-13-6-7-25(21,22)10-13)24-15(19)9-23-14-4-2-12(8-18)3-5-14/h2-5,8,11,13H,6-7,9-10H2,1H3,(H,17,20)/t11-,13+/m0/s1. The average Bonchev–Trinajstić information content (AvgIpc) is 2.91. The first-order valence-electron chi connectivity index (χ1n) is 7.67. The predicted molar refractivity (Wildman–Crippen MR) is 88.1 cm³/mol. The molecule has 0 radical (unpaired) electrons. The lowest BCUT2D eigenvalue weighted by atomic mass is 10.2. The Morgan fingerprint density at radius 1 is 1.32 bits per heavy atom. The van der Waals surface area contributed by atoms with Crippen LogP contribution in [-0.2, 0) is 24.2 Å². The van der Waals surface area contributed by atoms with Crippen LogP contribution < -0.4 is 10.1 Å². The largest absolute Gasteiger partial charge is 0.482 e. The van der Waals surface area contributed by atoms with Crippen molar-refractivity contribution in [3.05, 3.63) is 29.8 Å². The fourth-order valence-electron chi connectivity index (χ4n) is 2.30. The first kappa shape index (κ1) is 18.9. The highest BCUT2D eigenvalue weighted by Gasteiger charge is 2.30. The van der Waals surface area contributed by atoms with Crippen LogP contribution in [0.1, 0.15) is 23.7 Å². The lowest BCUT2D eigenvalue weighted by Gasteiger charge is -2.16. The minimum atomic E-state index is -3.10. The van der Waals surface area contributed by atoms with E-state index in [0.717, 1.165) is 0 Å².